The first-order valence-corrected chi connectivity index (χ1v) is 7.57. The number of halogens is 3. The molecular formula is C16H19F3N2O. The van der Waals surface area contributed by atoms with Gasteiger partial charge in [0.2, 0.25) is 5.91 Å². The van der Waals surface area contributed by atoms with Gasteiger partial charge < -0.3 is 5.73 Å². The Balaban J connectivity index is 1.78. The topological polar surface area (TPSA) is 46.3 Å². The minimum atomic E-state index is -4.32. The van der Waals surface area contributed by atoms with Gasteiger partial charge in [-0.05, 0) is 49.3 Å². The molecule has 1 aromatic rings. The first kappa shape index (κ1) is 15.3. The SMILES string of the molecule is NC(=O)C1C2CCC(CC2)N1Cc1ccc(C(F)(F)F)cc1. The number of amides is 1. The summed E-state index contributed by atoms with van der Waals surface area (Å²) in [6.07, 6.45) is -0.216. The number of nitrogens with two attached hydrogens (primary N) is 1. The Morgan fingerprint density at radius 2 is 1.73 bits per heavy atom. The second-order valence-corrected chi connectivity index (χ2v) is 6.28. The number of piperidine rings is 2. The molecule has 1 aliphatic carbocycles. The van der Waals surface area contributed by atoms with Crippen LogP contribution in [0.3, 0.4) is 0 Å². The van der Waals surface area contributed by atoms with Gasteiger partial charge in [0.15, 0.2) is 0 Å². The number of carbonyl (C=O) groups excluding carboxylic acids is 1. The fourth-order valence-electron chi connectivity index (χ4n) is 3.88. The number of benzene rings is 1. The maximum Gasteiger partial charge on any atom is 0.416 e. The van der Waals surface area contributed by atoms with Crippen LogP contribution in [0.5, 0.6) is 0 Å². The lowest BCUT2D eigenvalue weighted by molar-refractivity contribution is -0.137. The monoisotopic (exact) mass is 312 g/mol. The number of carbonyl (C=O) groups is 1. The normalized spacial score (nSPS) is 28.8. The smallest absolute Gasteiger partial charge is 0.368 e. The highest BCUT2D eigenvalue weighted by atomic mass is 19.4. The van der Waals surface area contributed by atoms with Crippen LogP contribution in [0.15, 0.2) is 24.3 Å². The lowest BCUT2D eigenvalue weighted by atomic mass is 9.74. The van der Waals surface area contributed by atoms with E-state index < -0.39 is 11.7 Å². The Morgan fingerprint density at radius 3 is 2.23 bits per heavy atom. The maximum absolute atomic E-state index is 12.6. The van der Waals surface area contributed by atoms with Crippen molar-refractivity contribution < 1.29 is 18.0 Å². The number of alkyl halides is 3. The van der Waals surface area contributed by atoms with Crippen LogP contribution in [0.4, 0.5) is 13.2 Å². The third kappa shape index (κ3) is 2.84. The second kappa shape index (κ2) is 5.57. The summed E-state index contributed by atoms with van der Waals surface area (Å²) >= 11 is 0. The van der Waals surface area contributed by atoms with E-state index in [4.69, 9.17) is 5.73 Å². The minimum Gasteiger partial charge on any atom is -0.368 e. The number of fused-ring (bicyclic) bond motifs is 3. The number of nitrogens with zero attached hydrogens (tertiary/aromatic N) is 1. The highest BCUT2D eigenvalue weighted by Gasteiger charge is 2.44. The summed E-state index contributed by atoms with van der Waals surface area (Å²) in [4.78, 5) is 13.8. The number of hydrogen-bond donors (Lipinski definition) is 1. The van der Waals surface area contributed by atoms with Gasteiger partial charge in [0.1, 0.15) is 0 Å². The van der Waals surface area contributed by atoms with Crippen LogP contribution in [0.25, 0.3) is 0 Å². The highest BCUT2D eigenvalue weighted by Crippen LogP contribution is 2.40. The summed E-state index contributed by atoms with van der Waals surface area (Å²) in [7, 11) is 0. The van der Waals surface area contributed by atoms with E-state index in [9.17, 15) is 18.0 Å². The van der Waals surface area contributed by atoms with E-state index in [0.29, 0.717) is 12.6 Å². The molecule has 3 aliphatic rings. The molecule has 1 aromatic carbocycles. The number of primary amides is 1. The molecule has 1 saturated carbocycles. The quantitative estimate of drug-likeness (QED) is 0.933. The van der Waals surface area contributed by atoms with Crippen molar-refractivity contribution in [3.8, 4) is 0 Å². The van der Waals surface area contributed by atoms with Crippen LogP contribution in [-0.2, 0) is 17.5 Å². The zero-order chi connectivity index (χ0) is 15.9. The standard InChI is InChI=1S/C16H19F3N2O/c17-16(18,19)12-5-1-10(2-6-12)9-21-13-7-3-11(4-8-13)14(21)15(20)22/h1-2,5-6,11,13-14H,3-4,7-9H2,(H2,20,22). The van der Waals surface area contributed by atoms with Crippen LogP contribution >= 0.6 is 0 Å². The second-order valence-electron chi connectivity index (χ2n) is 6.28. The summed E-state index contributed by atoms with van der Waals surface area (Å²) in [5, 5.41) is 0. The van der Waals surface area contributed by atoms with Crippen molar-refractivity contribution in [3.63, 3.8) is 0 Å². The Hall–Kier alpha value is -1.56. The van der Waals surface area contributed by atoms with Gasteiger partial charge >= 0.3 is 6.18 Å². The summed E-state index contributed by atoms with van der Waals surface area (Å²) in [6.45, 7) is 0.479. The molecule has 2 heterocycles. The van der Waals surface area contributed by atoms with E-state index in [1.807, 2.05) is 0 Å². The van der Waals surface area contributed by atoms with Gasteiger partial charge in [-0.1, -0.05) is 12.1 Å². The van der Waals surface area contributed by atoms with Crippen LogP contribution < -0.4 is 5.73 Å². The number of rotatable bonds is 3. The van der Waals surface area contributed by atoms with Gasteiger partial charge in [-0.2, -0.15) is 13.2 Å². The van der Waals surface area contributed by atoms with Gasteiger partial charge in [-0.15, -0.1) is 0 Å². The van der Waals surface area contributed by atoms with E-state index in [0.717, 1.165) is 43.4 Å². The molecule has 2 saturated heterocycles. The molecule has 0 aromatic heterocycles. The molecule has 6 heteroatoms. The third-order valence-electron chi connectivity index (χ3n) is 4.95. The van der Waals surface area contributed by atoms with Crippen molar-refractivity contribution in [2.75, 3.05) is 0 Å². The largest absolute Gasteiger partial charge is 0.416 e. The molecule has 1 amide bonds. The molecule has 1 unspecified atom stereocenters. The predicted octanol–water partition coefficient (Wildman–Crippen LogP) is 2.93. The van der Waals surface area contributed by atoms with E-state index in [1.165, 1.54) is 12.1 Å². The molecule has 3 fully saturated rings. The lowest BCUT2D eigenvalue weighted by Crippen LogP contribution is -2.59. The molecule has 120 valence electrons. The summed E-state index contributed by atoms with van der Waals surface area (Å²) < 4.78 is 37.8. The van der Waals surface area contributed by atoms with Crippen molar-refractivity contribution in [1.82, 2.24) is 4.90 Å². The van der Waals surface area contributed by atoms with E-state index in [-0.39, 0.29) is 17.9 Å². The maximum atomic E-state index is 12.6. The fraction of sp³-hybridized carbons (Fsp3) is 0.562. The zero-order valence-electron chi connectivity index (χ0n) is 12.1. The van der Waals surface area contributed by atoms with E-state index >= 15 is 0 Å². The fourth-order valence-corrected chi connectivity index (χ4v) is 3.88. The molecule has 4 rings (SSSR count). The Bertz CT molecular complexity index is 548. The molecule has 1 atom stereocenters. The van der Waals surface area contributed by atoms with Crippen LogP contribution in [0.1, 0.15) is 36.8 Å². The Morgan fingerprint density at radius 1 is 1.14 bits per heavy atom. The summed E-state index contributed by atoms with van der Waals surface area (Å²) in [5.74, 6) is -0.0294. The van der Waals surface area contributed by atoms with Crippen LogP contribution in [0, 0.1) is 5.92 Å². The first-order valence-electron chi connectivity index (χ1n) is 7.57. The molecule has 0 radical (unpaired) electrons. The Kier molecular flexibility index (Phi) is 3.89. The van der Waals surface area contributed by atoms with Crippen LogP contribution in [0.2, 0.25) is 0 Å². The van der Waals surface area contributed by atoms with Crippen molar-refractivity contribution in [3.05, 3.63) is 35.4 Å². The predicted molar refractivity (Wildman–Crippen MR) is 75.7 cm³/mol. The molecule has 2 bridgehead atoms. The average Bonchev–Trinajstić information content (AvgIpc) is 2.47. The van der Waals surface area contributed by atoms with E-state index in [2.05, 4.69) is 4.90 Å². The zero-order valence-corrected chi connectivity index (χ0v) is 12.1. The highest BCUT2D eigenvalue weighted by molar-refractivity contribution is 5.80. The number of hydrogen-bond acceptors (Lipinski definition) is 2. The average molecular weight is 312 g/mol. The van der Waals surface area contributed by atoms with Crippen molar-refractivity contribution in [1.29, 1.82) is 0 Å². The van der Waals surface area contributed by atoms with Gasteiger partial charge in [-0.3, -0.25) is 9.69 Å². The van der Waals surface area contributed by atoms with E-state index in [1.54, 1.807) is 0 Å². The molecule has 3 nitrogen and oxygen atoms in total. The summed E-state index contributed by atoms with van der Waals surface area (Å²) in [6, 6.07) is 5.19. The summed E-state index contributed by atoms with van der Waals surface area (Å²) in [5.41, 5.74) is 5.68. The molecular weight excluding hydrogens is 293 g/mol. The van der Waals surface area contributed by atoms with Crippen LogP contribution in [-0.4, -0.2) is 22.9 Å². The lowest BCUT2D eigenvalue weighted by Gasteiger charge is -2.50. The Labute approximate surface area is 127 Å². The minimum absolute atomic E-state index is 0.283. The molecule has 22 heavy (non-hydrogen) atoms. The van der Waals surface area contributed by atoms with Crippen molar-refractivity contribution in [2.24, 2.45) is 11.7 Å². The third-order valence-corrected chi connectivity index (χ3v) is 4.95. The van der Waals surface area contributed by atoms with Gasteiger partial charge in [0.25, 0.3) is 0 Å². The molecule has 0 spiro atoms. The molecule has 2 aliphatic heterocycles. The first-order chi connectivity index (χ1) is 10.4. The van der Waals surface area contributed by atoms with Gasteiger partial charge in [0, 0.05) is 12.6 Å². The van der Waals surface area contributed by atoms with Crippen molar-refractivity contribution >= 4 is 5.91 Å². The molecule has 2 N–H and O–H groups in total. The van der Waals surface area contributed by atoms with Gasteiger partial charge in [-0.25, -0.2) is 0 Å². The van der Waals surface area contributed by atoms with Crippen molar-refractivity contribution in [2.45, 2.75) is 50.5 Å². The van der Waals surface area contributed by atoms with Gasteiger partial charge in [0.05, 0.1) is 11.6 Å².